The predicted octanol–water partition coefficient (Wildman–Crippen LogP) is 6.21. The number of carbonyl (C=O) groups is 1. The van der Waals surface area contributed by atoms with Crippen LogP contribution in [0.4, 0.5) is 4.39 Å². The van der Waals surface area contributed by atoms with E-state index >= 15 is 0 Å². The zero-order valence-corrected chi connectivity index (χ0v) is 19.1. The molecule has 3 nitrogen and oxygen atoms in total. The zero-order valence-electron chi connectivity index (χ0n) is 19.1. The molecule has 0 radical (unpaired) electrons. The van der Waals surface area contributed by atoms with Gasteiger partial charge in [0.15, 0.2) is 0 Å². The molecule has 0 unspecified atom stereocenters. The van der Waals surface area contributed by atoms with Crippen molar-refractivity contribution in [3.8, 4) is 0 Å². The lowest BCUT2D eigenvalue weighted by molar-refractivity contribution is -0.161. The van der Waals surface area contributed by atoms with E-state index in [4.69, 9.17) is 4.74 Å². The zero-order chi connectivity index (χ0) is 23.0. The molecule has 0 fully saturated rings. The molecule has 3 aromatic rings. The first-order valence-corrected chi connectivity index (χ1v) is 11.0. The standard InChI is InChI=1S/C28H32FNO2/c1-28(2,3)32-27(31)25(19-29)21-30(20-22-13-7-4-8-14-22)26(23-15-9-5-10-16-23)24-17-11-6-12-18-24/h4-18,25-26H,19-21H2,1-3H3/t25-/m1/s1. The molecule has 0 aliphatic rings. The largest absolute Gasteiger partial charge is 0.460 e. The lowest BCUT2D eigenvalue weighted by Gasteiger charge is -2.35. The van der Waals surface area contributed by atoms with E-state index in [1.165, 1.54) is 0 Å². The quantitative estimate of drug-likeness (QED) is 0.376. The molecule has 1 atom stereocenters. The number of benzene rings is 3. The first-order valence-electron chi connectivity index (χ1n) is 11.0. The highest BCUT2D eigenvalue weighted by Crippen LogP contribution is 2.31. The topological polar surface area (TPSA) is 29.5 Å². The third kappa shape index (κ3) is 6.76. The van der Waals surface area contributed by atoms with Gasteiger partial charge in [-0.15, -0.1) is 0 Å². The summed E-state index contributed by atoms with van der Waals surface area (Å²) >= 11 is 0. The van der Waals surface area contributed by atoms with Gasteiger partial charge in [0.2, 0.25) is 0 Å². The third-order valence-corrected chi connectivity index (χ3v) is 5.21. The SMILES string of the molecule is CC(C)(C)OC(=O)[C@H](CF)CN(Cc1ccccc1)C(c1ccccc1)c1ccccc1. The van der Waals surface area contributed by atoms with E-state index in [1.807, 2.05) is 54.6 Å². The van der Waals surface area contributed by atoms with Crippen LogP contribution in [0.2, 0.25) is 0 Å². The van der Waals surface area contributed by atoms with Crippen molar-refractivity contribution < 1.29 is 13.9 Å². The average molecular weight is 434 g/mol. The van der Waals surface area contributed by atoms with Crippen molar-refractivity contribution in [1.82, 2.24) is 4.90 Å². The molecule has 4 heteroatoms. The number of carbonyl (C=O) groups excluding carboxylic acids is 1. The van der Waals surface area contributed by atoms with Crippen LogP contribution in [0.25, 0.3) is 0 Å². The lowest BCUT2D eigenvalue weighted by atomic mass is 9.95. The first-order chi connectivity index (χ1) is 15.4. The van der Waals surface area contributed by atoms with E-state index in [1.54, 1.807) is 20.8 Å². The Morgan fingerprint density at radius 1 is 0.844 bits per heavy atom. The number of hydrogen-bond donors (Lipinski definition) is 0. The molecule has 3 rings (SSSR count). The summed E-state index contributed by atoms with van der Waals surface area (Å²) < 4.78 is 19.7. The number of esters is 1. The Hall–Kier alpha value is -2.98. The average Bonchev–Trinajstić information content (AvgIpc) is 2.78. The van der Waals surface area contributed by atoms with Gasteiger partial charge < -0.3 is 4.74 Å². The number of ether oxygens (including phenoxy) is 1. The van der Waals surface area contributed by atoms with Crippen molar-refractivity contribution in [2.24, 2.45) is 5.92 Å². The van der Waals surface area contributed by atoms with Gasteiger partial charge in [-0.3, -0.25) is 14.1 Å². The molecule has 3 aromatic carbocycles. The van der Waals surface area contributed by atoms with Gasteiger partial charge in [-0.25, -0.2) is 0 Å². The van der Waals surface area contributed by atoms with Crippen molar-refractivity contribution in [3.63, 3.8) is 0 Å². The van der Waals surface area contributed by atoms with Crippen LogP contribution in [0.5, 0.6) is 0 Å². The van der Waals surface area contributed by atoms with Gasteiger partial charge >= 0.3 is 5.97 Å². The van der Waals surface area contributed by atoms with E-state index < -0.39 is 24.2 Å². The molecule has 0 heterocycles. The monoisotopic (exact) mass is 433 g/mol. The minimum absolute atomic E-state index is 0.130. The Morgan fingerprint density at radius 2 is 1.31 bits per heavy atom. The molecule has 0 amide bonds. The highest BCUT2D eigenvalue weighted by Gasteiger charge is 2.31. The molecule has 0 saturated heterocycles. The Morgan fingerprint density at radius 3 is 1.75 bits per heavy atom. The summed E-state index contributed by atoms with van der Waals surface area (Å²) in [5, 5.41) is 0. The first kappa shape index (κ1) is 23.7. The summed E-state index contributed by atoms with van der Waals surface area (Å²) in [5.74, 6) is -1.37. The van der Waals surface area contributed by atoms with Crippen LogP contribution in [0.15, 0.2) is 91.0 Å². The van der Waals surface area contributed by atoms with Gasteiger partial charge in [-0.2, -0.15) is 0 Å². The van der Waals surface area contributed by atoms with Crippen molar-refractivity contribution in [2.45, 2.75) is 39.0 Å². The van der Waals surface area contributed by atoms with Gasteiger partial charge in [0.05, 0.1) is 12.0 Å². The number of rotatable bonds is 9. The summed E-state index contributed by atoms with van der Waals surface area (Å²) in [6, 6.07) is 30.2. The number of alkyl halides is 1. The smallest absolute Gasteiger partial charge is 0.313 e. The Labute approximate surface area is 190 Å². The minimum atomic E-state index is -0.868. The maximum Gasteiger partial charge on any atom is 0.313 e. The van der Waals surface area contributed by atoms with E-state index in [-0.39, 0.29) is 12.6 Å². The molecule has 0 aliphatic heterocycles. The summed E-state index contributed by atoms with van der Waals surface area (Å²) in [4.78, 5) is 15.0. The highest BCUT2D eigenvalue weighted by molar-refractivity contribution is 5.73. The fourth-order valence-electron chi connectivity index (χ4n) is 3.82. The minimum Gasteiger partial charge on any atom is -0.460 e. The Kier molecular flexibility index (Phi) is 8.18. The summed E-state index contributed by atoms with van der Waals surface area (Å²) in [7, 11) is 0. The van der Waals surface area contributed by atoms with Gasteiger partial charge in [0, 0.05) is 13.1 Å². The van der Waals surface area contributed by atoms with Gasteiger partial charge in [0.1, 0.15) is 12.3 Å². The molecule has 32 heavy (non-hydrogen) atoms. The third-order valence-electron chi connectivity index (χ3n) is 5.21. The maximum atomic E-state index is 14.1. The molecule has 0 aliphatic carbocycles. The lowest BCUT2D eigenvalue weighted by Crippen LogP contribution is -2.39. The normalized spacial score (nSPS) is 12.7. The van der Waals surface area contributed by atoms with Crippen LogP contribution >= 0.6 is 0 Å². The second-order valence-corrected chi connectivity index (χ2v) is 9.02. The molecule has 0 N–H and O–H groups in total. The molecule has 0 spiro atoms. The van der Waals surface area contributed by atoms with Crippen molar-refractivity contribution >= 4 is 5.97 Å². The number of nitrogens with zero attached hydrogens (tertiary/aromatic N) is 1. The van der Waals surface area contributed by atoms with Crippen LogP contribution in [0.3, 0.4) is 0 Å². The van der Waals surface area contributed by atoms with E-state index in [0.717, 1.165) is 16.7 Å². The van der Waals surface area contributed by atoms with Crippen molar-refractivity contribution in [3.05, 3.63) is 108 Å². The van der Waals surface area contributed by atoms with E-state index in [0.29, 0.717) is 6.54 Å². The van der Waals surface area contributed by atoms with Gasteiger partial charge in [-0.1, -0.05) is 91.0 Å². The van der Waals surface area contributed by atoms with Crippen molar-refractivity contribution in [2.75, 3.05) is 13.2 Å². The predicted molar refractivity (Wildman–Crippen MR) is 127 cm³/mol. The van der Waals surface area contributed by atoms with Crippen LogP contribution in [-0.2, 0) is 16.1 Å². The van der Waals surface area contributed by atoms with Crippen molar-refractivity contribution in [1.29, 1.82) is 0 Å². The van der Waals surface area contributed by atoms with Gasteiger partial charge in [-0.05, 0) is 37.5 Å². The second-order valence-electron chi connectivity index (χ2n) is 9.02. The molecule has 0 saturated carbocycles. The fraction of sp³-hybridized carbons (Fsp3) is 0.321. The molecule has 0 aromatic heterocycles. The fourth-order valence-corrected chi connectivity index (χ4v) is 3.82. The Bertz CT molecular complexity index is 915. The van der Waals surface area contributed by atoms with Crippen LogP contribution in [-0.4, -0.2) is 29.7 Å². The highest BCUT2D eigenvalue weighted by atomic mass is 19.1. The molecular formula is C28H32FNO2. The second kappa shape index (κ2) is 11.1. The Balaban J connectivity index is 2.00. The van der Waals surface area contributed by atoms with Crippen LogP contribution in [0, 0.1) is 5.92 Å². The molecule has 168 valence electrons. The maximum absolute atomic E-state index is 14.1. The van der Waals surface area contributed by atoms with Crippen LogP contribution < -0.4 is 0 Å². The molecular weight excluding hydrogens is 401 g/mol. The summed E-state index contributed by atoms with van der Waals surface area (Å²) in [6.07, 6.45) is 0. The van der Waals surface area contributed by atoms with E-state index in [9.17, 15) is 9.18 Å². The van der Waals surface area contributed by atoms with Gasteiger partial charge in [0.25, 0.3) is 0 Å². The van der Waals surface area contributed by atoms with Crippen LogP contribution in [0.1, 0.15) is 43.5 Å². The number of halogens is 1. The molecule has 0 bridgehead atoms. The van der Waals surface area contributed by atoms with E-state index in [2.05, 4.69) is 41.3 Å². The summed E-state index contributed by atoms with van der Waals surface area (Å²) in [6.45, 7) is 5.47. The summed E-state index contributed by atoms with van der Waals surface area (Å²) in [5.41, 5.74) is 2.63. The number of hydrogen-bond acceptors (Lipinski definition) is 3.